The first-order valence-corrected chi connectivity index (χ1v) is 6.45. The minimum Gasteiger partial charge on any atom is -0.0530 e. The Balaban J connectivity index is 1.77. The molecule has 0 saturated heterocycles. The average Bonchev–Trinajstić information content (AvgIpc) is 2.65. The number of hydrogen-bond acceptors (Lipinski definition) is 0. The first-order valence-electron chi connectivity index (χ1n) is 6.45. The zero-order valence-electron chi connectivity index (χ0n) is 8.67. The van der Waals surface area contributed by atoms with E-state index in [9.17, 15) is 0 Å². The second kappa shape index (κ2) is 3.29. The highest BCUT2D eigenvalue weighted by atomic mass is 14.5. The molecule has 3 rings (SSSR count). The number of fused-ring (bicyclic) bond motifs is 3. The lowest BCUT2D eigenvalue weighted by molar-refractivity contribution is 0.0729. The molecule has 0 aromatic rings. The summed E-state index contributed by atoms with van der Waals surface area (Å²) >= 11 is 0. The summed E-state index contributed by atoms with van der Waals surface area (Å²) < 4.78 is 0. The third-order valence-electron chi connectivity index (χ3n) is 5.14. The van der Waals surface area contributed by atoms with Gasteiger partial charge in [0, 0.05) is 0 Å². The Morgan fingerprint density at radius 2 is 1.00 bits per heavy atom. The van der Waals surface area contributed by atoms with Crippen LogP contribution in [0.25, 0.3) is 0 Å². The molecule has 4 unspecified atom stereocenters. The highest BCUT2D eigenvalue weighted by Crippen LogP contribution is 2.52. The van der Waals surface area contributed by atoms with Crippen molar-refractivity contribution < 1.29 is 0 Å². The molecule has 3 saturated carbocycles. The quantitative estimate of drug-likeness (QED) is 0.526. The van der Waals surface area contributed by atoms with Crippen molar-refractivity contribution in [2.75, 3.05) is 0 Å². The van der Waals surface area contributed by atoms with Crippen LogP contribution in [0.5, 0.6) is 0 Å². The molecule has 0 aromatic carbocycles. The van der Waals surface area contributed by atoms with Crippen LogP contribution < -0.4 is 0 Å². The molecule has 0 heterocycles. The van der Waals surface area contributed by atoms with E-state index in [1.165, 1.54) is 17.8 Å². The minimum absolute atomic E-state index is 1.16. The van der Waals surface area contributed by atoms with Gasteiger partial charge in [-0.05, 0) is 49.4 Å². The lowest BCUT2D eigenvalue weighted by Gasteiger charge is -2.43. The van der Waals surface area contributed by atoms with E-state index in [1.54, 1.807) is 57.8 Å². The Morgan fingerprint density at radius 3 is 1.77 bits per heavy atom. The van der Waals surface area contributed by atoms with E-state index in [-0.39, 0.29) is 0 Å². The monoisotopic (exact) mass is 178 g/mol. The predicted molar refractivity (Wildman–Crippen MR) is 55.5 cm³/mol. The van der Waals surface area contributed by atoms with E-state index in [1.807, 2.05) is 0 Å². The topological polar surface area (TPSA) is 0 Å². The molecule has 0 radical (unpaired) electrons. The largest absolute Gasteiger partial charge is 0.0530 e. The van der Waals surface area contributed by atoms with Gasteiger partial charge in [-0.15, -0.1) is 0 Å². The molecule has 0 N–H and O–H groups in total. The van der Waals surface area contributed by atoms with Gasteiger partial charge in [-0.2, -0.15) is 0 Å². The Kier molecular flexibility index (Phi) is 2.11. The standard InChI is InChI=1S/C13H22/c1-2-6-12-10(4-1)8-9-11-5-3-7-13(11)12/h10-13H,1-9H2. The molecule has 0 amide bonds. The first kappa shape index (κ1) is 8.32. The third kappa shape index (κ3) is 1.33. The van der Waals surface area contributed by atoms with Crippen molar-refractivity contribution in [2.45, 2.75) is 57.8 Å². The molecule has 4 atom stereocenters. The molecule has 0 bridgehead atoms. The summed E-state index contributed by atoms with van der Waals surface area (Å²) in [7, 11) is 0. The molecule has 0 nitrogen and oxygen atoms in total. The van der Waals surface area contributed by atoms with E-state index in [0.29, 0.717) is 0 Å². The van der Waals surface area contributed by atoms with Crippen molar-refractivity contribution in [2.24, 2.45) is 23.7 Å². The van der Waals surface area contributed by atoms with Crippen molar-refractivity contribution in [3.05, 3.63) is 0 Å². The van der Waals surface area contributed by atoms with E-state index >= 15 is 0 Å². The molecule has 3 fully saturated rings. The van der Waals surface area contributed by atoms with Crippen LogP contribution in [0.3, 0.4) is 0 Å². The van der Waals surface area contributed by atoms with Gasteiger partial charge in [0.15, 0.2) is 0 Å². The van der Waals surface area contributed by atoms with Gasteiger partial charge in [0.2, 0.25) is 0 Å². The zero-order valence-corrected chi connectivity index (χ0v) is 8.67. The lowest BCUT2D eigenvalue weighted by Crippen LogP contribution is -2.33. The van der Waals surface area contributed by atoms with Crippen LogP contribution in [0.15, 0.2) is 0 Å². The lowest BCUT2D eigenvalue weighted by atomic mass is 9.62. The highest BCUT2D eigenvalue weighted by molar-refractivity contribution is 4.92. The van der Waals surface area contributed by atoms with Crippen molar-refractivity contribution in [1.82, 2.24) is 0 Å². The fraction of sp³-hybridized carbons (Fsp3) is 1.00. The fourth-order valence-electron chi connectivity index (χ4n) is 4.57. The van der Waals surface area contributed by atoms with Crippen LogP contribution in [0.4, 0.5) is 0 Å². The molecule has 3 aliphatic carbocycles. The molecule has 13 heavy (non-hydrogen) atoms. The van der Waals surface area contributed by atoms with Crippen LogP contribution >= 0.6 is 0 Å². The van der Waals surface area contributed by atoms with Gasteiger partial charge < -0.3 is 0 Å². The van der Waals surface area contributed by atoms with Crippen LogP contribution in [0.2, 0.25) is 0 Å². The van der Waals surface area contributed by atoms with Gasteiger partial charge in [0.25, 0.3) is 0 Å². The predicted octanol–water partition coefficient (Wildman–Crippen LogP) is 4.00. The van der Waals surface area contributed by atoms with Gasteiger partial charge in [-0.1, -0.05) is 32.1 Å². The van der Waals surface area contributed by atoms with Crippen molar-refractivity contribution >= 4 is 0 Å². The summed E-state index contributed by atoms with van der Waals surface area (Å²) in [6.45, 7) is 0. The highest BCUT2D eigenvalue weighted by Gasteiger charge is 2.41. The number of rotatable bonds is 0. The van der Waals surface area contributed by atoms with E-state index in [4.69, 9.17) is 0 Å². The van der Waals surface area contributed by atoms with Crippen molar-refractivity contribution in [3.8, 4) is 0 Å². The molecule has 0 aliphatic heterocycles. The molecular weight excluding hydrogens is 156 g/mol. The Hall–Kier alpha value is 0. The summed E-state index contributed by atoms with van der Waals surface area (Å²) in [6.07, 6.45) is 14.2. The molecule has 0 heteroatoms. The molecule has 0 aromatic heterocycles. The van der Waals surface area contributed by atoms with Gasteiger partial charge in [0.1, 0.15) is 0 Å². The summed E-state index contributed by atoms with van der Waals surface area (Å²) in [5.74, 6) is 4.68. The maximum atomic E-state index is 1.59. The maximum Gasteiger partial charge on any atom is -0.0355 e. The summed E-state index contributed by atoms with van der Waals surface area (Å²) in [5.41, 5.74) is 0. The normalized spacial score (nSPS) is 49.8. The van der Waals surface area contributed by atoms with E-state index in [2.05, 4.69) is 0 Å². The summed E-state index contributed by atoms with van der Waals surface area (Å²) in [5, 5.41) is 0. The molecular formula is C13H22. The average molecular weight is 178 g/mol. The fourth-order valence-corrected chi connectivity index (χ4v) is 4.57. The Morgan fingerprint density at radius 1 is 0.462 bits per heavy atom. The second-order valence-corrected chi connectivity index (χ2v) is 5.64. The number of hydrogen-bond donors (Lipinski definition) is 0. The maximum absolute atomic E-state index is 1.59. The molecule has 3 aliphatic rings. The van der Waals surface area contributed by atoms with Crippen LogP contribution in [-0.4, -0.2) is 0 Å². The van der Waals surface area contributed by atoms with Crippen LogP contribution in [0.1, 0.15) is 57.8 Å². The molecule has 74 valence electrons. The minimum atomic E-state index is 1.16. The Labute approximate surface area is 82.1 Å². The zero-order chi connectivity index (χ0) is 8.67. The van der Waals surface area contributed by atoms with E-state index in [0.717, 1.165) is 5.92 Å². The van der Waals surface area contributed by atoms with Crippen LogP contribution in [-0.2, 0) is 0 Å². The smallest absolute Gasteiger partial charge is 0.0355 e. The SMILES string of the molecule is C1CCC2C(C1)CCC1CCCC12. The van der Waals surface area contributed by atoms with E-state index < -0.39 is 0 Å². The van der Waals surface area contributed by atoms with Crippen LogP contribution in [0, 0.1) is 23.7 Å². The van der Waals surface area contributed by atoms with Gasteiger partial charge in [-0.25, -0.2) is 0 Å². The van der Waals surface area contributed by atoms with Gasteiger partial charge in [-0.3, -0.25) is 0 Å². The molecule has 0 spiro atoms. The Bertz CT molecular complexity index is 184. The summed E-state index contributed by atoms with van der Waals surface area (Å²) in [4.78, 5) is 0. The first-order chi connectivity index (χ1) is 6.45. The van der Waals surface area contributed by atoms with Gasteiger partial charge >= 0.3 is 0 Å². The third-order valence-corrected chi connectivity index (χ3v) is 5.14. The summed E-state index contributed by atoms with van der Waals surface area (Å²) in [6, 6.07) is 0. The van der Waals surface area contributed by atoms with Gasteiger partial charge in [0.05, 0.1) is 0 Å². The van der Waals surface area contributed by atoms with Crippen molar-refractivity contribution in [1.29, 1.82) is 0 Å². The second-order valence-electron chi connectivity index (χ2n) is 5.64. The van der Waals surface area contributed by atoms with Crippen molar-refractivity contribution in [3.63, 3.8) is 0 Å².